The molecule has 0 aromatic heterocycles. The van der Waals surface area contributed by atoms with Crippen LogP contribution in [0.15, 0.2) is 0 Å². The molecule has 0 fully saturated rings. The van der Waals surface area contributed by atoms with Crippen LogP contribution >= 0.6 is 7.82 Å². The van der Waals surface area contributed by atoms with Crippen LogP contribution in [0.2, 0.25) is 0 Å². The normalized spacial score (nSPS) is 9.29. The molecule has 0 radical (unpaired) electrons. The molecule has 0 heterocycles. The summed E-state index contributed by atoms with van der Waals surface area (Å²) in [7, 11) is -4.64. The fourth-order valence-corrected chi connectivity index (χ4v) is 0. The maximum absolute atomic E-state index is 8.88. The molecule has 0 aromatic carbocycles. The van der Waals surface area contributed by atoms with Gasteiger partial charge in [-0.05, 0) is 0 Å². The summed E-state index contributed by atoms with van der Waals surface area (Å²) in [5.74, 6) is 0. The summed E-state index contributed by atoms with van der Waals surface area (Å²) >= 11 is 4.50. The van der Waals surface area contributed by atoms with Gasteiger partial charge in [-0.15, -0.1) is 0 Å². The van der Waals surface area contributed by atoms with Crippen LogP contribution in [0.4, 0.5) is 0 Å². The predicted octanol–water partition coefficient (Wildman–Crippen LogP) is -2.23. The van der Waals surface area contributed by atoms with E-state index in [4.69, 9.17) is 19.2 Å². The molecule has 4 nitrogen and oxygen atoms in total. The molecule has 0 aliphatic heterocycles. The molecule has 0 unspecified atom stereocenters. The quantitative estimate of drug-likeness (QED) is 0.339. The van der Waals surface area contributed by atoms with Crippen LogP contribution < -0.4 is 0 Å². The van der Waals surface area contributed by atoms with Gasteiger partial charge in [0.15, 0.2) is 0 Å². The molecule has 0 bridgehead atoms. The summed E-state index contributed by atoms with van der Waals surface area (Å²) in [6.07, 6.45) is 0. The monoisotopic (exact) mass is 260 g/mol. The summed E-state index contributed by atoms with van der Waals surface area (Å²) in [6.45, 7) is 0. The van der Waals surface area contributed by atoms with Crippen molar-refractivity contribution in [1.82, 2.24) is 0 Å². The van der Waals surface area contributed by atoms with E-state index in [0.717, 1.165) is 0 Å². The number of rotatable bonds is 0. The van der Waals surface area contributed by atoms with Gasteiger partial charge < -0.3 is 14.7 Å². The molecule has 3 N–H and O–H groups in total. The molecular weight excluding hydrogens is 253 g/mol. The second kappa shape index (κ2) is 5.29. The molecule has 0 saturated carbocycles. The van der Waals surface area contributed by atoms with Crippen molar-refractivity contribution in [3.8, 4) is 0 Å². The number of hydrogen-bond donors (Lipinski definition) is 3. The summed E-state index contributed by atoms with van der Waals surface area (Å²) in [6, 6.07) is 0. The van der Waals surface area contributed by atoms with E-state index in [2.05, 4.69) is 28.4 Å². The average molecular weight is 258 g/mol. The Morgan fingerprint density at radius 1 is 1.14 bits per heavy atom. The van der Waals surface area contributed by atoms with Gasteiger partial charge in [-0.2, -0.15) is 0 Å². The van der Waals surface area contributed by atoms with Gasteiger partial charge in [0.1, 0.15) is 0 Å². The first-order valence-electron chi connectivity index (χ1n) is 0.983. The molecule has 0 aliphatic carbocycles. The first-order valence-corrected chi connectivity index (χ1v) is 7.75. The standard InChI is InChI=1S/H3O4P.H2Se2/c1-5(2,3)4;1-2/h(H3,1,2,3,4);1-2H. The Bertz CT molecular complexity index is 55.8. The van der Waals surface area contributed by atoms with Gasteiger partial charge in [-0.1, -0.05) is 0 Å². The van der Waals surface area contributed by atoms with Crippen molar-refractivity contribution in [3.63, 3.8) is 0 Å². The van der Waals surface area contributed by atoms with Crippen molar-refractivity contribution < 1.29 is 19.2 Å². The van der Waals surface area contributed by atoms with Crippen LogP contribution in [-0.2, 0) is 4.57 Å². The van der Waals surface area contributed by atoms with E-state index in [1.54, 1.807) is 0 Å². The summed E-state index contributed by atoms with van der Waals surface area (Å²) in [5.41, 5.74) is 0. The van der Waals surface area contributed by atoms with Crippen LogP contribution in [-0.4, -0.2) is 43.1 Å². The van der Waals surface area contributed by atoms with E-state index in [-0.39, 0.29) is 0 Å². The fraction of sp³-hybridized carbons (Fsp3) is 0. The molecule has 0 saturated heterocycles. The van der Waals surface area contributed by atoms with E-state index >= 15 is 0 Å². The third kappa shape index (κ3) is 144. The Morgan fingerprint density at radius 3 is 1.14 bits per heavy atom. The molecule has 7 heavy (non-hydrogen) atoms. The minimum absolute atomic E-state index is 2.25. The Hall–Kier alpha value is 1.15. The van der Waals surface area contributed by atoms with Gasteiger partial charge in [-0.25, -0.2) is 4.57 Å². The first kappa shape index (κ1) is 11.0. The molecular formula is H5O4PSe2. The minimum atomic E-state index is -4.64. The molecule has 7 heteroatoms. The Balaban J connectivity index is 0. The van der Waals surface area contributed by atoms with E-state index in [1.807, 2.05) is 0 Å². The van der Waals surface area contributed by atoms with Crippen LogP contribution in [0.25, 0.3) is 0 Å². The fourth-order valence-electron chi connectivity index (χ4n) is 0. The van der Waals surface area contributed by atoms with Crippen molar-refractivity contribution in [1.29, 1.82) is 0 Å². The molecule has 0 rings (SSSR count). The summed E-state index contributed by atoms with van der Waals surface area (Å²) in [4.78, 5) is 21.6. The van der Waals surface area contributed by atoms with Crippen molar-refractivity contribution in [2.45, 2.75) is 0 Å². The van der Waals surface area contributed by atoms with Crippen molar-refractivity contribution in [2.24, 2.45) is 0 Å². The van der Waals surface area contributed by atoms with Crippen molar-refractivity contribution >= 4 is 36.2 Å². The molecule has 46 valence electrons. The zero-order valence-electron chi connectivity index (χ0n) is 3.09. The Labute approximate surface area is 55.7 Å². The maximum atomic E-state index is 8.88. The van der Waals surface area contributed by atoms with E-state index in [0.29, 0.717) is 0 Å². The van der Waals surface area contributed by atoms with E-state index in [9.17, 15) is 0 Å². The number of phosphoric acid groups is 1. The van der Waals surface area contributed by atoms with Gasteiger partial charge in [0, 0.05) is 0 Å². The zero-order chi connectivity index (χ0) is 6.50. The number of hydrogen-bond acceptors (Lipinski definition) is 1. The third-order valence-corrected chi connectivity index (χ3v) is 0. The van der Waals surface area contributed by atoms with Crippen LogP contribution in [0.5, 0.6) is 0 Å². The van der Waals surface area contributed by atoms with E-state index < -0.39 is 7.82 Å². The molecule has 0 aliphatic rings. The molecule has 0 aromatic rings. The first-order chi connectivity index (χ1) is 3.00. The molecule has 0 spiro atoms. The van der Waals surface area contributed by atoms with Gasteiger partial charge in [0.2, 0.25) is 0 Å². The van der Waals surface area contributed by atoms with Gasteiger partial charge in [0.25, 0.3) is 0 Å². The average Bonchev–Trinajstić information content (AvgIpc) is 1.36. The van der Waals surface area contributed by atoms with Gasteiger partial charge in [-0.3, -0.25) is 0 Å². The zero-order valence-corrected chi connectivity index (χ0v) is 7.74. The molecule has 0 amide bonds. The van der Waals surface area contributed by atoms with Crippen LogP contribution in [0.1, 0.15) is 0 Å². The second-order valence-electron chi connectivity index (χ2n) is 0.513. The second-order valence-corrected chi connectivity index (χ2v) is 1.54. The third-order valence-electron chi connectivity index (χ3n) is 0. The molecule has 0 atom stereocenters. The Kier molecular flexibility index (Phi) is 8.32. The van der Waals surface area contributed by atoms with Gasteiger partial charge in [0.05, 0.1) is 0 Å². The summed E-state index contributed by atoms with van der Waals surface area (Å²) in [5, 5.41) is 0. The van der Waals surface area contributed by atoms with E-state index in [1.165, 1.54) is 0 Å². The SMILES string of the molecule is O=P(O)(O)O.[SeH][SeH]. The van der Waals surface area contributed by atoms with Crippen LogP contribution in [0, 0.1) is 0 Å². The summed E-state index contributed by atoms with van der Waals surface area (Å²) < 4.78 is 8.88. The Morgan fingerprint density at radius 2 is 1.14 bits per heavy atom. The topological polar surface area (TPSA) is 77.8 Å². The predicted molar refractivity (Wildman–Crippen MR) is 28.6 cm³/mol. The van der Waals surface area contributed by atoms with Crippen molar-refractivity contribution in [2.75, 3.05) is 0 Å². The van der Waals surface area contributed by atoms with Crippen LogP contribution in [0.3, 0.4) is 0 Å². The van der Waals surface area contributed by atoms with Gasteiger partial charge >= 0.3 is 36.2 Å². The van der Waals surface area contributed by atoms with Crippen molar-refractivity contribution in [3.05, 3.63) is 0 Å².